The number of rotatable bonds is 7. The Labute approximate surface area is 168 Å². The van der Waals surface area contributed by atoms with Crippen molar-refractivity contribution in [2.45, 2.75) is 42.6 Å². The lowest BCUT2D eigenvalue weighted by Crippen LogP contribution is -2.22. The van der Waals surface area contributed by atoms with Gasteiger partial charge < -0.3 is 14.2 Å². The molecule has 2 aliphatic rings. The van der Waals surface area contributed by atoms with Gasteiger partial charge in [0.05, 0.1) is 12.9 Å². The lowest BCUT2D eigenvalue weighted by atomic mass is 10.1. The number of methoxy groups -OCH3 is 1. The molecule has 3 aromatic rings. The van der Waals surface area contributed by atoms with Crippen LogP contribution in [0, 0.1) is 0 Å². The molecule has 7 nitrogen and oxygen atoms in total. The van der Waals surface area contributed by atoms with Gasteiger partial charge in [0, 0.05) is 30.8 Å². The van der Waals surface area contributed by atoms with Gasteiger partial charge in [-0.3, -0.25) is 4.57 Å². The smallest absolute Gasteiger partial charge is 0.228 e. The molecular weight excluding hydrogens is 374 g/mol. The molecule has 0 amide bonds. The van der Waals surface area contributed by atoms with Crippen molar-refractivity contribution in [3.8, 4) is 17.0 Å². The van der Waals surface area contributed by atoms with Gasteiger partial charge in [0.1, 0.15) is 17.2 Å². The van der Waals surface area contributed by atoms with Crippen LogP contribution in [0.15, 0.2) is 40.0 Å². The first-order valence-corrected chi connectivity index (χ1v) is 10.7. The Morgan fingerprint density at radius 1 is 1.18 bits per heavy atom. The molecule has 0 unspecified atom stereocenters. The fourth-order valence-corrected chi connectivity index (χ4v) is 4.53. The van der Waals surface area contributed by atoms with E-state index in [0.29, 0.717) is 11.8 Å². The van der Waals surface area contributed by atoms with Crippen LogP contribution >= 0.6 is 11.8 Å². The minimum absolute atomic E-state index is 0.548. The highest BCUT2D eigenvalue weighted by Crippen LogP contribution is 2.42. The summed E-state index contributed by atoms with van der Waals surface area (Å²) in [6.45, 7) is 2.17. The van der Waals surface area contributed by atoms with E-state index in [0.717, 1.165) is 47.0 Å². The minimum atomic E-state index is 0.548. The molecule has 2 fully saturated rings. The number of aromatic nitrogens is 4. The topological polar surface area (TPSA) is 69.2 Å². The standard InChI is InChI=1S/C20H23N5O2S/c1-26-18-7-3-2-6-16(18)17-12-15(27-23-17)13-28-20-22-21-19(24-10-4-5-11-24)25(20)14-8-9-14/h2-3,6-7,12,14H,4-5,8-11,13H2,1H3. The molecule has 1 aliphatic heterocycles. The number of hydrogen-bond donors (Lipinski definition) is 0. The molecule has 0 bridgehead atoms. The fourth-order valence-electron chi connectivity index (χ4n) is 3.65. The van der Waals surface area contributed by atoms with Crippen molar-refractivity contribution in [1.29, 1.82) is 0 Å². The van der Waals surface area contributed by atoms with Crippen LogP contribution in [0.5, 0.6) is 5.75 Å². The first-order valence-electron chi connectivity index (χ1n) is 9.75. The van der Waals surface area contributed by atoms with Crippen LogP contribution in [0.2, 0.25) is 0 Å². The largest absolute Gasteiger partial charge is 0.496 e. The van der Waals surface area contributed by atoms with Gasteiger partial charge in [0.15, 0.2) is 5.16 Å². The summed E-state index contributed by atoms with van der Waals surface area (Å²) in [6.07, 6.45) is 4.91. The lowest BCUT2D eigenvalue weighted by molar-refractivity contribution is 0.395. The van der Waals surface area contributed by atoms with Crippen LogP contribution < -0.4 is 9.64 Å². The Bertz CT molecular complexity index is 959. The van der Waals surface area contributed by atoms with Crippen LogP contribution in [0.4, 0.5) is 5.95 Å². The average Bonchev–Trinajstić information content (AvgIpc) is 3.15. The third-order valence-electron chi connectivity index (χ3n) is 5.23. The van der Waals surface area contributed by atoms with Crippen molar-refractivity contribution in [1.82, 2.24) is 19.9 Å². The first-order chi connectivity index (χ1) is 13.8. The SMILES string of the molecule is COc1ccccc1-c1cc(CSc2nnc(N3CCCC3)n2C2CC2)on1. The normalized spacial score (nSPS) is 16.7. The van der Waals surface area contributed by atoms with Gasteiger partial charge in [-0.05, 0) is 37.8 Å². The summed E-state index contributed by atoms with van der Waals surface area (Å²) in [7, 11) is 1.67. The van der Waals surface area contributed by atoms with Crippen molar-refractivity contribution >= 4 is 17.7 Å². The van der Waals surface area contributed by atoms with Crippen LogP contribution in [-0.4, -0.2) is 40.1 Å². The van der Waals surface area contributed by atoms with Crippen molar-refractivity contribution in [3.63, 3.8) is 0 Å². The van der Waals surface area contributed by atoms with E-state index in [9.17, 15) is 0 Å². The van der Waals surface area contributed by atoms with Gasteiger partial charge in [-0.1, -0.05) is 29.1 Å². The number of ether oxygens (including phenoxy) is 1. The third kappa shape index (κ3) is 3.37. The van der Waals surface area contributed by atoms with Crippen LogP contribution in [0.25, 0.3) is 11.3 Å². The second-order valence-corrected chi connectivity index (χ2v) is 8.19. The van der Waals surface area contributed by atoms with E-state index in [1.54, 1.807) is 18.9 Å². The highest BCUT2D eigenvalue weighted by Gasteiger charge is 2.32. The molecule has 0 atom stereocenters. The Hall–Kier alpha value is -2.48. The lowest BCUT2D eigenvalue weighted by Gasteiger charge is -2.17. The average molecular weight is 398 g/mol. The minimum Gasteiger partial charge on any atom is -0.496 e. The second kappa shape index (κ2) is 7.50. The zero-order valence-electron chi connectivity index (χ0n) is 15.9. The van der Waals surface area contributed by atoms with Crippen LogP contribution in [0.3, 0.4) is 0 Å². The Balaban J connectivity index is 1.33. The van der Waals surface area contributed by atoms with Gasteiger partial charge in [-0.15, -0.1) is 10.2 Å². The summed E-state index contributed by atoms with van der Waals surface area (Å²) < 4.78 is 13.3. The second-order valence-electron chi connectivity index (χ2n) is 7.25. The van der Waals surface area contributed by atoms with E-state index in [1.165, 1.54) is 25.7 Å². The molecule has 0 N–H and O–H groups in total. The van der Waals surface area contributed by atoms with E-state index in [1.807, 2.05) is 30.3 Å². The molecule has 0 radical (unpaired) electrons. The Kier molecular flexibility index (Phi) is 4.72. The quantitative estimate of drug-likeness (QED) is 0.554. The van der Waals surface area contributed by atoms with Gasteiger partial charge in [0.25, 0.3) is 0 Å². The highest BCUT2D eigenvalue weighted by atomic mass is 32.2. The van der Waals surface area contributed by atoms with E-state index in [2.05, 4.69) is 24.8 Å². The monoisotopic (exact) mass is 397 g/mol. The summed E-state index contributed by atoms with van der Waals surface area (Å²) in [5.41, 5.74) is 1.72. The number of hydrogen-bond acceptors (Lipinski definition) is 7. The number of thioether (sulfide) groups is 1. The number of anilines is 1. The Morgan fingerprint density at radius 3 is 2.79 bits per heavy atom. The van der Waals surface area contributed by atoms with Gasteiger partial charge in [-0.2, -0.15) is 0 Å². The first kappa shape index (κ1) is 17.6. The summed E-state index contributed by atoms with van der Waals surface area (Å²) in [5, 5.41) is 14.2. The molecule has 0 spiro atoms. The van der Waals surface area contributed by atoms with E-state index in [4.69, 9.17) is 9.26 Å². The summed E-state index contributed by atoms with van der Waals surface area (Å²) in [4.78, 5) is 2.36. The molecule has 2 aromatic heterocycles. The summed E-state index contributed by atoms with van der Waals surface area (Å²) >= 11 is 1.66. The maximum atomic E-state index is 5.57. The number of para-hydroxylation sites is 1. The number of nitrogens with zero attached hydrogens (tertiary/aromatic N) is 5. The molecule has 1 aromatic carbocycles. The van der Waals surface area contributed by atoms with Crippen molar-refractivity contribution in [2.24, 2.45) is 0 Å². The van der Waals surface area contributed by atoms with E-state index >= 15 is 0 Å². The van der Waals surface area contributed by atoms with Crippen molar-refractivity contribution in [3.05, 3.63) is 36.1 Å². The summed E-state index contributed by atoms with van der Waals surface area (Å²) in [5.74, 6) is 3.32. The third-order valence-corrected chi connectivity index (χ3v) is 6.20. The molecule has 28 heavy (non-hydrogen) atoms. The summed E-state index contributed by atoms with van der Waals surface area (Å²) in [6, 6.07) is 10.4. The predicted molar refractivity (Wildman–Crippen MR) is 108 cm³/mol. The molecule has 1 saturated heterocycles. The van der Waals surface area contributed by atoms with Crippen LogP contribution in [-0.2, 0) is 5.75 Å². The van der Waals surface area contributed by atoms with E-state index in [-0.39, 0.29) is 0 Å². The Morgan fingerprint density at radius 2 is 2.00 bits per heavy atom. The molecule has 1 saturated carbocycles. The zero-order valence-corrected chi connectivity index (χ0v) is 16.7. The molecule has 8 heteroatoms. The highest BCUT2D eigenvalue weighted by molar-refractivity contribution is 7.98. The van der Waals surface area contributed by atoms with Crippen LogP contribution in [0.1, 0.15) is 37.5 Å². The molecule has 3 heterocycles. The van der Waals surface area contributed by atoms with Gasteiger partial charge >= 0.3 is 0 Å². The molecule has 146 valence electrons. The van der Waals surface area contributed by atoms with Crippen molar-refractivity contribution < 1.29 is 9.26 Å². The maximum absolute atomic E-state index is 5.57. The van der Waals surface area contributed by atoms with Gasteiger partial charge in [0.2, 0.25) is 5.95 Å². The molecule has 1 aliphatic carbocycles. The molecule has 5 rings (SSSR count). The zero-order chi connectivity index (χ0) is 18.9. The number of benzene rings is 1. The van der Waals surface area contributed by atoms with E-state index < -0.39 is 0 Å². The van der Waals surface area contributed by atoms with Crippen molar-refractivity contribution in [2.75, 3.05) is 25.1 Å². The fraction of sp³-hybridized carbons (Fsp3) is 0.450. The molecular formula is C20H23N5O2S. The maximum Gasteiger partial charge on any atom is 0.228 e. The predicted octanol–water partition coefficient (Wildman–Crippen LogP) is 4.17. The van der Waals surface area contributed by atoms with Gasteiger partial charge in [-0.25, -0.2) is 0 Å².